The molecule has 1 N–H and O–H groups in total. The molecule has 4 aromatic rings. The van der Waals surface area contributed by atoms with Gasteiger partial charge < -0.3 is 14.6 Å². The van der Waals surface area contributed by atoms with E-state index in [4.69, 9.17) is 4.74 Å². The molecule has 29 heavy (non-hydrogen) atoms. The average molecular weight is 392 g/mol. The predicted octanol–water partition coefficient (Wildman–Crippen LogP) is 4.41. The van der Waals surface area contributed by atoms with Crippen LogP contribution in [0.2, 0.25) is 0 Å². The van der Waals surface area contributed by atoms with Crippen LogP contribution in [-0.2, 0) is 4.74 Å². The van der Waals surface area contributed by atoms with Crippen LogP contribution < -0.4 is 4.90 Å². The minimum atomic E-state index is -0.638. The predicted molar refractivity (Wildman–Crippen MR) is 108 cm³/mol. The van der Waals surface area contributed by atoms with Crippen molar-refractivity contribution in [2.24, 2.45) is 0 Å². The smallest absolute Gasteiger partial charge is 0.161 e. The second-order valence-corrected chi connectivity index (χ2v) is 6.92. The molecule has 1 saturated heterocycles. The van der Waals surface area contributed by atoms with E-state index in [0.29, 0.717) is 16.8 Å². The van der Waals surface area contributed by atoms with Gasteiger partial charge in [-0.25, -0.2) is 18.7 Å². The molecule has 146 valence electrons. The number of fused-ring (bicyclic) bond motifs is 1. The van der Waals surface area contributed by atoms with Gasteiger partial charge in [0, 0.05) is 53.8 Å². The van der Waals surface area contributed by atoms with E-state index in [1.54, 1.807) is 12.4 Å². The van der Waals surface area contributed by atoms with E-state index >= 15 is 0 Å². The van der Waals surface area contributed by atoms with Crippen LogP contribution in [0.5, 0.6) is 0 Å². The average Bonchev–Trinajstić information content (AvgIpc) is 3.19. The van der Waals surface area contributed by atoms with E-state index < -0.39 is 11.6 Å². The number of nitrogens with zero attached hydrogens (tertiary/aromatic N) is 3. The van der Waals surface area contributed by atoms with Crippen molar-refractivity contribution in [3.05, 3.63) is 66.5 Å². The zero-order valence-corrected chi connectivity index (χ0v) is 15.5. The molecule has 7 heteroatoms. The molecule has 0 spiro atoms. The van der Waals surface area contributed by atoms with Crippen molar-refractivity contribution in [3.8, 4) is 22.6 Å². The first-order chi connectivity index (χ1) is 14.2. The first-order valence-electron chi connectivity index (χ1n) is 9.42. The van der Waals surface area contributed by atoms with Crippen LogP contribution in [0, 0.1) is 11.6 Å². The number of rotatable bonds is 3. The molecule has 3 heterocycles. The van der Waals surface area contributed by atoms with Gasteiger partial charge in [0.1, 0.15) is 11.6 Å². The summed E-state index contributed by atoms with van der Waals surface area (Å²) < 4.78 is 33.1. The van der Waals surface area contributed by atoms with E-state index in [1.807, 2.05) is 18.2 Å². The number of anilines is 1. The zero-order chi connectivity index (χ0) is 19.8. The van der Waals surface area contributed by atoms with Gasteiger partial charge in [0.25, 0.3) is 0 Å². The van der Waals surface area contributed by atoms with Crippen LogP contribution in [0.3, 0.4) is 0 Å². The topological polar surface area (TPSA) is 54.0 Å². The molecule has 1 fully saturated rings. The molecule has 5 nitrogen and oxygen atoms in total. The lowest BCUT2D eigenvalue weighted by atomic mass is 10.1. The Bertz CT molecular complexity index is 1170. The lowest BCUT2D eigenvalue weighted by Crippen LogP contribution is -2.36. The Morgan fingerprint density at radius 2 is 1.79 bits per heavy atom. The number of nitrogens with one attached hydrogen (secondary N) is 1. The van der Waals surface area contributed by atoms with Crippen LogP contribution in [0.25, 0.3) is 33.5 Å². The summed E-state index contributed by atoms with van der Waals surface area (Å²) in [6, 6.07) is 12.1. The Labute approximate surface area is 166 Å². The van der Waals surface area contributed by atoms with Crippen molar-refractivity contribution in [3.63, 3.8) is 0 Å². The number of hydrogen-bond donors (Lipinski definition) is 1. The van der Waals surface area contributed by atoms with Crippen molar-refractivity contribution < 1.29 is 13.5 Å². The fourth-order valence-electron chi connectivity index (χ4n) is 3.65. The van der Waals surface area contributed by atoms with Gasteiger partial charge in [-0.2, -0.15) is 0 Å². The number of aromatic amines is 1. The highest BCUT2D eigenvalue weighted by atomic mass is 19.1. The fraction of sp³-hybridized carbons (Fsp3) is 0.182. The summed E-state index contributed by atoms with van der Waals surface area (Å²) in [5.74, 6) is -0.859. The molecule has 0 aliphatic carbocycles. The summed E-state index contributed by atoms with van der Waals surface area (Å²) in [6.07, 6.45) is 3.26. The van der Waals surface area contributed by atoms with Gasteiger partial charge in [0.15, 0.2) is 5.82 Å². The first kappa shape index (κ1) is 17.8. The molecule has 2 aromatic carbocycles. The number of halogens is 2. The van der Waals surface area contributed by atoms with E-state index in [0.717, 1.165) is 49.3 Å². The van der Waals surface area contributed by atoms with Gasteiger partial charge in [0.2, 0.25) is 0 Å². The van der Waals surface area contributed by atoms with Crippen molar-refractivity contribution >= 4 is 16.6 Å². The summed E-state index contributed by atoms with van der Waals surface area (Å²) in [7, 11) is 0. The zero-order valence-electron chi connectivity index (χ0n) is 15.5. The highest BCUT2D eigenvalue weighted by Crippen LogP contribution is 2.30. The van der Waals surface area contributed by atoms with Crippen LogP contribution in [-0.4, -0.2) is 41.3 Å². The SMILES string of the molecule is Fc1cc(F)c2[nH]cc(-c3nccc(-c4ccc(N5CCOCC5)cc4)n3)c2c1. The molecule has 1 aliphatic rings. The largest absolute Gasteiger partial charge is 0.378 e. The summed E-state index contributed by atoms with van der Waals surface area (Å²) in [4.78, 5) is 14.1. The normalized spacial score (nSPS) is 14.5. The van der Waals surface area contributed by atoms with Crippen molar-refractivity contribution in [1.82, 2.24) is 15.0 Å². The van der Waals surface area contributed by atoms with Gasteiger partial charge in [0.05, 0.1) is 24.4 Å². The number of morpholine rings is 1. The third-order valence-electron chi connectivity index (χ3n) is 5.14. The maximum absolute atomic E-state index is 14.0. The van der Waals surface area contributed by atoms with Crippen LogP contribution >= 0.6 is 0 Å². The van der Waals surface area contributed by atoms with Crippen molar-refractivity contribution in [2.45, 2.75) is 0 Å². The van der Waals surface area contributed by atoms with Crippen LogP contribution in [0.4, 0.5) is 14.5 Å². The number of ether oxygens (including phenoxy) is 1. The summed E-state index contributed by atoms with van der Waals surface area (Å²) in [6.45, 7) is 3.24. The molecule has 0 unspecified atom stereocenters. The van der Waals surface area contributed by atoms with Gasteiger partial charge in [-0.3, -0.25) is 0 Å². The maximum Gasteiger partial charge on any atom is 0.161 e. The molecule has 0 bridgehead atoms. The lowest BCUT2D eigenvalue weighted by Gasteiger charge is -2.28. The molecule has 2 aromatic heterocycles. The standard InChI is InChI=1S/C22H18F2N4O/c23-15-11-17-18(13-26-21(17)19(24)12-15)22-25-6-5-20(27-22)14-1-3-16(4-2-14)28-7-9-29-10-8-28/h1-6,11-13,26H,7-10H2. The van der Waals surface area contributed by atoms with Crippen molar-refractivity contribution in [1.29, 1.82) is 0 Å². The number of aromatic nitrogens is 3. The van der Waals surface area contributed by atoms with E-state index in [2.05, 4.69) is 32.0 Å². The maximum atomic E-state index is 14.0. The van der Waals surface area contributed by atoms with Crippen LogP contribution in [0.1, 0.15) is 0 Å². The van der Waals surface area contributed by atoms with Gasteiger partial charge in [-0.1, -0.05) is 12.1 Å². The summed E-state index contributed by atoms with van der Waals surface area (Å²) >= 11 is 0. The monoisotopic (exact) mass is 392 g/mol. The molecule has 0 atom stereocenters. The Kier molecular flexibility index (Phi) is 4.44. The van der Waals surface area contributed by atoms with Crippen molar-refractivity contribution in [2.75, 3.05) is 31.2 Å². The molecule has 5 rings (SSSR count). The quantitative estimate of drug-likeness (QED) is 0.561. The minimum Gasteiger partial charge on any atom is -0.378 e. The molecule has 0 saturated carbocycles. The van der Waals surface area contributed by atoms with Gasteiger partial charge in [-0.05, 0) is 24.3 Å². The minimum absolute atomic E-state index is 0.241. The third-order valence-corrected chi connectivity index (χ3v) is 5.14. The second kappa shape index (κ2) is 7.25. The highest BCUT2D eigenvalue weighted by Gasteiger charge is 2.15. The van der Waals surface area contributed by atoms with Gasteiger partial charge >= 0.3 is 0 Å². The van der Waals surface area contributed by atoms with E-state index in [-0.39, 0.29) is 5.52 Å². The first-order valence-corrected chi connectivity index (χ1v) is 9.42. The summed E-state index contributed by atoms with van der Waals surface area (Å²) in [5.41, 5.74) is 3.64. The Morgan fingerprint density at radius 3 is 2.59 bits per heavy atom. The van der Waals surface area contributed by atoms with Crippen LogP contribution in [0.15, 0.2) is 54.9 Å². The number of benzene rings is 2. The number of H-pyrrole nitrogens is 1. The van der Waals surface area contributed by atoms with E-state index in [1.165, 1.54) is 6.07 Å². The Morgan fingerprint density at radius 1 is 1.00 bits per heavy atom. The Balaban J connectivity index is 1.49. The molecule has 0 radical (unpaired) electrons. The van der Waals surface area contributed by atoms with Gasteiger partial charge in [-0.15, -0.1) is 0 Å². The highest BCUT2D eigenvalue weighted by molar-refractivity contribution is 5.94. The lowest BCUT2D eigenvalue weighted by molar-refractivity contribution is 0.122. The Hall–Kier alpha value is -3.32. The fourth-order valence-corrected chi connectivity index (χ4v) is 3.65. The summed E-state index contributed by atoms with van der Waals surface area (Å²) in [5, 5.41) is 0.419. The van der Waals surface area contributed by atoms with E-state index in [9.17, 15) is 8.78 Å². The molecule has 0 amide bonds. The molecular weight excluding hydrogens is 374 g/mol. The second-order valence-electron chi connectivity index (χ2n) is 6.92. The molecular formula is C22H18F2N4O. The molecule has 1 aliphatic heterocycles. The third kappa shape index (κ3) is 3.34. The number of hydrogen-bond acceptors (Lipinski definition) is 4.